The fourth-order valence-corrected chi connectivity index (χ4v) is 2.75. The summed E-state index contributed by atoms with van der Waals surface area (Å²) in [6.45, 7) is -0.0751. The number of carbonyl (C=O) groups is 1. The van der Waals surface area contributed by atoms with Gasteiger partial charge in [-0.15, -0.1) is 0 Å². The fourth-order valence-electron chi connectivity index (χ4n) is 1.79. The van der Waals surface area contributed by atoms with E-state index in [1.54, 1.807) is 36.4 Å². The van der Waals surface area contributed by atoms with E-state index in [4.69, 9.17) is 16.0 Å². The summed E-state index contributed by atoms with van der Waals surface area (Å²) in [5, 5.41) is 4.21. The fraction of sp³-hybridized carbons (Fsp3) is 0.188. The Balaban J connectivity index is 1.90. The molecule has 0 fully saturated rings. The molecule has 0 aliphatic carbocycles. The van der Waals surface area contributed by atoms with Gasteiger partial charge in [-0.1, -0.05) is 23.7 Å². The molecule has 0 unspecified atom stereocenters. The lowest BCUT2D eigenvalue weighted by Gasteiger charge is -2.14. The van der Waals surface area contributed by atoms with Crippen LogP contribution in [0.4, 0.5) is 0 Å². The number of furan rings is 1. The van der Waals surface area contributed by atoms with Crippen LogP contribution in [-0.2, 0) is 21.4 Å². The SMILES string of the molecule is CN(CC(=O)NCc1ccco1)S(=O)(=O)/C=C/c1ccc(Cl)cc1. The van der Waals surface area contributed by atoms with Crippen LogP contribution in [0.25, 0.3) is 6.08 Å². The number of amides is 1. The molecule has 1 amide bonds. The van der Waals surface area contributed by atoms with Gasteiger partial charge in [0.05, 0.1) is 19.4 Å². The van der Waals surface area contributed by atoms with Crippen LogP contribution < -0.4 is 5.32 Å². The van der Waals surface area contributed by atoms with Crippen LogP contribution in [0.5, 0.6) is 0 Å². The Bertz CT molecular complexity index is 799. The minimum absolute atomic E-state index is 0.209. The van der Waals surface area contributed by atoms with Gasteiger partial charge in [-0.3, -0.25) is 4.79 Å². The Labute approximate surface area is 145 Å². The normalized spacial score (nSPS) is 12.0. The number of hydrogen-bond donors (Lipinski definition) is 1. The molecule has 0 saturated heterocycles. The van der Waals surface area contributed by atoms with E-state index < -0.39 is 15.9 Å². The van der Waals surface area contributed by atoms with E-state index in [0.717, 1.165) is 9.71 Å². The molecular weight excluding hydrogens is 352 g/mol. The van der Waals surface area contributed by atoms with E-state index >= 15 is 0 Å². The third-order valence-corrected chi connectivity index (χ3v) is 4.87. The molecule has 2 aromatic rings. The molecule has 0 atom stereocenters. The van der Waals surface area contributed by atoms with Crippen molar-refractivity contribution >= 4 is 33.6 Å². The van der Waals surface area contributed by atoms with Gasteiger partial charge in [0.25, 0.3) is 0 Å². The number of halogens is 1. The zero-order valence-electron chi connectivity index (χ0n) is 13.0. The molecular formula is C16H17ClN2O4S. The summed E-state index contributed by atoms with van der Waals surface area (Å²) in [7, 11) is -2.36. The molecule has 8 heteroatoms. The molecule has 0 bridgehead atoms. The molecule has 6 nitrogen and oxygen atoms in total. The van der Waals surface area contributed by atoms with Crippen molar-refractivity contribution in [1.82, 2.24) is 9.62 Å². The van der Waals surface area contributed by atoms with Crippen molar-refractivity contribution in [2.24, 2.45) is 0 Å². The number of rotatable bonds is 7. The summed E-state index contributed by atoms with van der Waals surface area (Å²) in [5.41, 5.74) is 0.693. The van der Waals surface area contributed by atoms with Crippen molar-refractivity contribution in [1.29, 1.82) is 0 Å². The summed E-state index contributed by atoms with van der Waals surface area (Å²) in [5.74, 6) is 0.175. The molecule has 1 N–H and O–H groups in total. The van der Waals surface area contributed by atoms with Gasteiger partial charge in [-0.25, -0.2) is 8.42 Å². The van der Waals surface area contributed by atoms with Crippen LogP contribution in [-0.4, -0.2) is 32.2 Å². The molecule has 1 heterocycles. The zero-order chi connectivity index (χ0) is 17.6. The Morgan fingerprint density at radius 1 is 1.29 bits per heavy atom. The van der Waals surface area contributed by atoms with Crippen molar-refractivity contribution in [3.63, 3.8) is 0 Å². The Hall–Kier alpha value is -2.09. The summed E-state index contributed by atoms with van der Waals surface area (Å²) in [6, 6.07) is 10.2. The largest absolute Gasteiger partial charge is 0.467 e. The second-order valence-electron chi connectivity index (χ2n) is 5.01. The van der Waals surface area contributed by atoms with Gasteiger partial charge >= 0.3 is 0 Å². The predicted molar refractivity (Wildman–Crippen MR) is 92.6 cm³/mol. The van der Waals surface area contributed by atoms with Crippen LogP contribution in [0.15, 0.2) is 52.5 Å². The van der Waals surface area contributed by atoms with E-state index in [1.807, 2.05) is 0 Å². The van der Waals surface area contributed by atoms with E-state index in [0.29, 0.717) is 16.3 Å². The van der Waals surface area contributed by atoms with Crippen LogP contribution in [0.2, 0.25) is 5.02 Å². The number of sulfonamides is 1. The first kappa shape index (κ1) is 18.3. The van der Waals surface area contributed by atoms with Crippen molar-refractivity contribution < 1.29 is 17.6 Å². The average molecular weight is 369 g/mol. The van der Waals surface area contributed by atoms with Crippen LogP contribution in [0.1, 0.15) is 11.3 Å². The van der Waals surface area contributed by atoms with Gasteiger partial charge in [0, 0.05) is 17.5 Å². The van der Waals surface area contributed by atoms with Crippen molar-refractivity contribution in [2.45, 2.75) is 6.54 Å². The standard InChI is InChI=1S/C16H17ClN2O4S/c1-19(12-16(20)18-11-15-3-2-9-23-15)24(21,22)10-8-13-4-6-14(17)7-5-13/h2-10H,11-12H2,1H3,(H,18,20)/b10-8+. The van der Waals surface area contributed by atoms with Gasteiger partial charge in [-0.2, -0.15) is 4.31 Å². The number of benzene rings is 1. The van der Waals surface area contributed by atoms with Gasteiger partial charge < -0.3 is 9.73 Å². The Morgan fingerprint density at radius 2 is 2.00 bits per heavy atom. The lowest BCUT2D eigenvalue weighted by Crippen LogP contribution is -2.37. The molecule has 128 valence electrons. The van der Waals surface area contributed by atoms with Crippen molar-refractivity contribution in [3.05, 3.63) is 64.4 Å². The monoisotopic (exact) mass is 368 g/mol. The van der Waals surface area contributed by atoms with E-state index in [-0.39, 0.29) is 13.1 Å². The zero-order valence-corrected chi connectivity index (χ0v) is 14.5. The maximum absolute atomic E-state index is 12.2. The van der Waals surface area contributed by atoms with E-state index in [1.165, 1.54) is 19.4 Å². The summed E-state index contributed by atoms with van der Waals surface area (Å²) >= 11 is 5.77. The molecule has 0 saturated carbocycles. The smallest absolute Gasteiger partial charge is 0.236 e. The summed E-state index contributed by atoms with van der Waals surface area (Å²) in [6.07, 6.45) is 2.95. The van der Waals surface area contributed by atoms with Crippen molar-refractivity contribution in [2.75, 3.05) is 13.6 Å². The predicted octanol–water partition coefficient (Wildman–Crippen LogP) is 2.48. The second-order valence-corrected chi connectivity index (χ2v) is 7.37. The molecule has 1 aromatic heterocycles. The Kier molecular flexibility index (Phi) is 6.19. The highest BCUT2D eigenvalue weighted by atomic mass is 35.5. The molecule has 2 rings (SSSR count). The van der Waals surface area contributed by atoms with Crippen molar-refractivity contribution in [3.8, 4) is 0 Å². The lowest BCUT2D eigenvalue weighted by atomic mass is 10.2. The van der Waals surface area contributed by atoms with E-state index in [2.05, 4.69) is 5.32 Å². The highest BCUT2D eigenvalue weighted by Gasteiger charge is 2.17. The minimum atomic E-state index is -3.70. The van der Waals surface area contributed by atoms with E-state index in [9.17, 15) is 13.2 Å². The van der Waals surface area contributed by atoms with Gasteiger partial charge in [0.1, 0.15) is 5.76 Å². The number of likely N-dealkylation sites (N-methyl/N-ethyl adjacent to an activating group) is 1. The van der Waals surface area contributed by atoms with Gasteiger partial charge in [-0.05, 0) is 35.9 Å². The summed E-state index contributed by atoms with van der Waals surface area (Å²) in [4.78, 5) is 11.8. The maximum atomic E-state index is 12.2. The first-order valence-corrected chi connectivity index (χ1v) is 8.94. The van der Waals surface area contributed by atoms with Gasteiger partial charge in [0.2, 0.25) is 15.9 Å². The molecule has 0 spiro atoms. The molecule has 0 aliphatic heterocycles. The maximum Gasteiger partial charge on any atom is 0.236 e. The number of hydrogen-bond acceptors (Lipinski definition) is 4. The highest BCUT2D eigenvalue weighted by molar-refractivity contribution is 7.92. The lowest BCUT2D eigenvalue weighted by molar-refractivity contribution is -0.121. The second kappa shape index (κ2) is 8.14. The Morgan fingerprint density at radius 3 is 2.62 bits per heavy atom. The van der Waals surface area contributed by atoms with Gasteiger partial charge in [0.15, 0.2) is 0 Å². The number of carbonyl (C=O) groups excluding carboxylic acids is 1. The topological polar surface area (TPSA) is 79.6 Å². The first-order chi connectivity index (χ1) is 11.4. The molecule has 0 aliphatic rings. The highest BCUT2D eigenvalue weighted by Crippen LogP contribution is 2.12. The molecule has 1 aromatic carbocycles. The molecule has 24 heavy (non-hydrogen) atoms. The number of nitrogens with zero attached hydrogens (tertiary/aromatic N) is 1. The molecule has 0 radical (unpaired) electrons. The summed E-state index contributed by atoms with van der Waals surface area (Å²) < 4.78 is 30.4. The quantitative estimate of drug-likeness (QED) is 0.814. The van der Waals surface area contributed by atoms with Crippen LogP contribution >= 0.6 is 11.6 Å². The first-order valence-electron chi connectivity index (χ1n) is 7.06. The van der Waals surface area contributed by atoms with Crippen LogP contribution in [0.3, 0.4) is 0 Å². The number of nitrogens with one attached hydrogen (secondary N) is 1. The third-order valence-electron chi connectivity index (χ3n) is 3.14. The van der Waals surface area contributed by atoms with Crippen LogP contribution in [0, 0.1) is 0 Å². The average Bonchev–Trinajstić information content (AvgIpc) is 3.06. The minimum Gasteiger partial charge on any atom is -0.467 e. The third kappa shape index (κ3) is 5.52.